The van der Waals surface area contributed by atoms with Gasteiger partial charge in [-0.05, 0) is 42.0 Å². The molecule has 0 aliphatic heterocycles. The summed E-state index contributed by atoms with van der Waals surface area (Å²) in [6, 6.07) is 11.5. The van der Waals surface area contributed by atoms with Crippen molar-refractivity contribution in [3.8, 4) is 5.75 Å². The number of alkyl halides is 3. The number of rotatable bonds is 7. The van der Waals surface area contributed by atoms with E-state index >= 15 is 0 Å². The van der Waals surface area contributed by atoms with E-state index in [0.29, 0.717) is 18.0 Å². The predicted octanol–water partition coefficient (Wildman–Crippen LogP) is 3.77. The van der Waals surface area contributed by atoms with E-state index in [1.54, 1.807) is 19.2 Å². The molecule has 1 N–H and O–H groups in total. The Morgan fingerprint density at radius 1 is 1.04 bits per heavy atom. The van der Waals surface area contributed by atoms with Crippen LogP contribution in [0.1, 0.15) is 24.5 Å². The van der Waals surface area contributed by atoms with E-state index in [0.717, 1.165) is 17.7 Å². The summed E-state index contributed by atoms with van der Waals surface area (Å²) in [6.45, 7) is 1.69. The highest BCUT2D eigenvalue weighted by Crippen LogP contribution is 2.30. The molecule has 0 aliphatic carbocycles. The van der Waals surface area contributed by atoms with Gasteiger partial charge < -0.3 is 15.0 Å². The van der Waals surface area contributed by atoms with Crippen LogP contribution in [0.2, 0.25) is 0 Å². The zero-order valence-corrected chi connectivity index (χ0v) is 15.5. The molecule has 2 aromatic carbocycles. The Morgan fingerprint density at radius 2 is 1.64 bits per heavy atom. The van der Waals surface area contributed by atoms with Gasteiger partial charge >= 0.3 is 6.18 Å². The number of hydrogen-bond donors (Lipinski definition) is 1. The van der Waals surface area contributed by atoms with Gasteiger partial charge in [0, 0.05) is 32.1 Å². The van der Waals surface area contributed by atoms with Crippen LogP contribution in [0.15, 0.2) is 48.5 Å². The van der Waals surface area contributed by atoms with E-state index in [1.165, 1.54) is 24.0 Å². The molecule has 0 radical (unpaired) electrons. The van der Waals surface area contributed by atoms with Crippen LogP contribution in [-0.2, 0) is 22.3 Å². The number of carbonyl (C=O) groups is 2. The molecule has 0 saturated carbocycles. The van der Waals surface area contributed by atoms with Gasteiger partial charge in [-0.3, -0.25) is 9.59 Å². The highest BCUT2D eigenvalue weighted by Gasteiger charge is 2.30. The van der Waals surface area contributed by atoms with Crippen molar-refractivity contribution in [1.82, 2.24) is 5.32 Å². The van der Waals surface area contributed by atoms with Gasteiger partial charge in [0.25, 0.3) is 0 Å². The van der Waals surface area contributed by atoms with Gasteiger partial charge in [-0.2, -0.15) is 13.2 Å². The first-order valence-electron chi connectivity index (χ1n) is 8.55. The lowest BCUT2D eigenvalue weighted by Crippen LogP contribution is -2.33. The lowest BCUT2D eigenvalue weighted by atomic mass is 10.2. The van der Waals surface area contributed by atoms with Gasteiger partial charge in [0.2, 0.25) is 11.8 Å². The largest absolute Gasteiger partial charge is 0.497 e. The molecule has 2 amide bonds. The fraction of sp³-hybridized carbons (Fsp3) is 0.300. The normalized spacial score (nSPS) is 11.0. The molecule has 0 aromatic heterocycles. The first kappa shape index (κ1) is 21.3. The zero-order valence-electron chi connectivity index (χ0n) is 15.5. The van der Waals surface area contributed by atoms with Crippen LogP contribution in [0.5, 0.6) is 5.75 Å². The Balaban J connectivity index is 1.91. The van der Waals surface area contributed by atoms with Gasteiger partial charge in [-0.15, -0.1) is 0 Å². The molecule has 0 bridgehead atoms. The summed E-state index contributed by atoms with van der Waals surface area (Å²) in [4.78, 5) is 25.2. The molecule has 0 spiro atoms. The van der Waals surface area contributed by atoms with Crippen molar-refractivity contribution in [2.75, 3.05) is 18.6 Å². The van der Waals surface area contributed by atoms with Crippen molar-refractivity contribution in [2.45, 2.75) is 26.1 Å². The number of hydrogen-bond acceptors (Lipinski definition) is 3. The topological polar surface area (TPSA) is 58.6 Å². The number of nitrogens with one attached hydrogen (secondary N) is 1. The Kier molecular flexibility index (Phi) is 7.03. The predicted molar refractivity (Wildman–Crippen MR) is 98.9 cm³/mol. The molecule has 8 heteroatoms. The molecule has 2 aromatic rings. The molecule has 0 saturated heterocycles. The molecular formula is C20H21F3N2O3. The van der Waals surface area contributed by atoms with Crippen LogP contribution in [0.3, 0.4) is 0 Å². The Hall–Kier alpha value is -3.03. The van der Waals surface area contributed by atoms with Crippen LogP contribution >= 0.6 is 0 Å². The maximum absolute atomic E-state index is 12.7. The van der Waals surface area contributed by atoms with Crippen LogP contribution in [-0.4, -0.2) is 25.5 Å². The van der Waals surface area contributed by atoms with Crippen LogP contribution < -0.4 is 15.0 Å². The number of halogens is 3. The third kappa shape index (κ3) is 6.00. The van der Waals surface area contributed by atoms with Gasteiger partial charge in [-0.1, -0.05) is 12.1 Å². The number of benzene rings is 2. The van der Waals surface area contributed by atoms with Crippen molar-refractivity contribution in [1.29, 1.82) is 0 Å². The van der Waals surface area contributed by atoms with Gasteiger partial charge in [-0.25, -0.2) is 0 Å². The number of methoxy groups -OCH3 is 1. The minimum atomic E-state index is -4.44. The summed E-state index contributed by atoms with van der Waals surface area (Å²) in [6.07, 6.45) is -4.42. The second-order valence-electron chi connectivity index (χ2n) is 6.09. The molecule has 0 atom stereocenters. The van der Waals surface area contributed by atoms with E-state index in [4.69, 9.17) is 4.74 Å². The minimum Gasteiger partial charge on any atom is -0.497 e. The summed E-state index contributed by atoms with van der Waals surface area (Å²) < 4.78 is 43.0. The van der Waals surface area contributed by atoms with Crippen molar-refractivity contribution in [3.63, 3.8) is 0 Å². The van der Waals surface area contributed by atoms with Crippen LogP contribution in [0.25, 0.3) is 0 Å². The van der Waals surface area contributed by atoms with E-state index in [-0.39, 0.29) is 24.8 Å². The average molecular weight is 394 g/mol. The van der Waals surface area contributed by atoms with E-state index in [1.807, 2.05) is 12.1 Å². The zero-order chi connectivity index (χ0) is 20.7. The van der Waals surface area contributed by atoms with E-state index in [9.17, 15) is 22.8 Å². The quantitative estimate of drug-likeness (QED) is 0.778. The molecule has 150 valence electrons. The molecule has 2 rings (SSSR count). The van der Waals surface area contributed by atoms with Crippen LogP contribution in [0.4, 0.5) is 18.9 Å². The highest BCUT2D eigenvalue weighted by atomic mass is 19.4. The lowest BCUT2D eigenvalue weighted by Gasteiger charge is -2.21. The summed E-state index contributed by atoms with van der Waals surface area (Å²) in [5, 5.41) is 2.74. The third-order valence-electron chi connectivity index (χ3n) is 4.10. The first-order chi connectivity index (χ1) is 13.2. The van der Waals surface area contributed by atoms with Gasteiger partial charge in [0.1, 0.15) is 5.75 Å². The fourth-order valence-electron chi connectivity index (χ4n) is 2.54. The fourth-order valence-corrected chi connectivity index (χ4v) is 2.54. The number of carbonyl (C=O) groups excluding carboxylic acids is 2. The Bertz CT molecular complexity index is 803. The monoisotopic (exact) mass is 394 g/mol. The number of amides is 2. The van der Waals surface area contributed by atoms with Crippen molar-refractivity contribution in [2.24, 2.45) is 0 Å². The minimum absolute atomic E-state index is 0.0246. The third-order valence-corrected chi connectivity index (χ3v) is 4.10. The maximum atomic E-state index is 12.7. The summed E-state index contributed by atoms with van der Waals surface area (Å²) >= 11 is 0. The average Bonchev–Trinajstić information content (AvgIpc) is 2.66. The lowest BCUT2D eigenvalue weighted by molar-refractivity contribution is -0.137. The Labute approximate surface area is 161 Å². The number of anilines is 1. The molecule has 0 heterocycles. The van der Waals surface area contributed by atoms with Crippen LogP contribution in [0, 0.1) is 0 Å². The summed E-state index contributed by atoms with van der Waals surface area (Å²) in [7, 11) is 1.56. The number of ether oxygens (including phenoxy) is 1. The van der Waals surface area contributed by atoms with Crippen molar-refractivity contribution < 1.29 is 27.5 Å². The first-order valence-corrected chi connectivity index (χ1v) is 8.55. The SMILES string of the molecule is COc1ccc(CNC(=O)CCN(C(C)=O)c2ccc(C(F)(F)F)cc2)cc1. The number of nitrogens with zero attached hydrogens (tertiary/aromatic N) is 1. The summed E-state index contributed by atoms with van der Waals surface area (Å²) in [5.41, 5.74) is 0.403. The van der Waals surface area contributed by atoms with Crippen molar-refractivity contribution in [3.05, 3.63) is 59.7 Å². The van der Waals surface area contributed by atoms with E-state index < -0.39 is 11.7 Å². The molecule has 28 heavy (non-hydrogen) atoms. The van der Waals surface area contributed by atoms with Gasteiger partial charge in [0.15, 0.2) is 0 Å². The smallest absolute Gasteiger partial charge is 0.416 e. The second-order valence-corrected chi connectivity index (χ2v) is 6.09. The summed E-state index contributed by atoms with van der Waals surface area (Å²) in [5.74, 6) is 0.0837. The standard InChI is InChI=1S/C20H21F3N2O3/c1-14(26)25(17-7-5-16(6-8-17)20(21,22)23)12-11-19(27)24-13-15-3-9-18(28-2)10-4-15/h3-10H,11-13H2,1-2H3,(H,24,27). The second kappa shape index (κ2) is 9.25. The maximum Gasteiger partial charge on any atom is 0.416 e. The van der Waals surface area contributed by atoms with E-state index in [2.05, 4.69) is 5.32 Å². The Morgan fingerprint density at radius 3 is 2.14 bits per heavy atom. The molecule has 0 fully saturated rings. The molecule has 0 aliphatic rings. The molecular weight excluding hydrogens is 373 g/mol. The van der Waals surface area contributed by atoms with Crippen molar-refractivity contribution >= 4 is 17.5 Å². The molecule has 5 nitrogen and oxygen atoms in total. The van der Waals surface area contributed by atoms with Gasteiger partial charge in [0.05, 0.1) is 12.7 Å². The molecule has 0 unspecified atom stereocenters. The highest BCUT2D eigenvalue weighted by molar-refractivity contribution is 5.92.